The number of non-ortho nitro benzene ring substituents is 1. The number of aromatic nitrogens is 2. The first-order valence-corrected chi connectivity index (χ1v) is 7.12. The van der Waals surface area contributed by atoms with E-state index in [9.17, 15) is 20.2 Å². The van der Waals surface area contributed by atoms with Gasteiger partial charge in [0.1, 0.15) is 5.82 Å². The molecule has 0 saturated carbocycles. The van der Waals surface area contributed by atoms with Crippen molar-refractivity contribution in [1.29, 1.82) is 5.26 Å². The second kappa shape index (κ2) is 5.93. The third-order valence-electron chi connectivity index (χ3n) is 3.83. The van der Waals surface area contributed by atoms with Crippen molar-refractivity contribution in [2.24, 2.45) is 7.05 Å². The zero-order valence-corrected chi connectivity index (χ0v) is 12.7. The number of aryl methyl sites for hydroxylation is 1. The maximum absolute atomic E-state index is 12.6. The molecule has 0 spiro atoms. The maximum atomic E-state index is 12.6. The maximum Gasteiger partial charge on any atom is 0.269 e. The number of ketones is 1. The van der Waals surface area contributed by atoms with Crippen LogP contribution in [0.1, 0.15) is 22.1 Å². The van der Waals surface area contributed by atoms with Crippen LogP contribution in [-0.4, -0.2) is 20.3 Å². The summed E-state index contributed by atoms with van der Waals surface area (Å²) >= 11 is 0. The number of nitro benzene ring substituents is 1. The Hall–Kier alpha value is -3.53. The van der Waals surface area contributed by atoms with Crippen molar-refractivity contribution in [1.82, 2.24) is 9.55 Å². The molecular formula is C17H12N4O3. The summed E-state index contributed by atoms with van der Waals surface area (Å²) in [7, 11) is 1.75. The van der Waals surface area contributed by atoms with Gasteiger partial charge in [0.05, 0.1) is 22.0 Å². The molecule has 1 atom stereocenters. The summed E-state index contributed by atoms with van der Waals surface area (Å²) in [5, 5.41) is 20.2. The number of Topliss-reactive ketones (excluding diaryl/α,β-unsaturated/α-hetero) is 1. The minimum Gasteiger partial charge on any atom is -0.330 e. The molecule has 3 rings (SSSR count). The number of hydrogen-bond acceptors (Lipinski definition) is 5. The molecule has 7 heteroatoms. The summed E-state index contributed by atoms with van der Waals surface area (Å²) in [5.74, 6) is -1.17. The van der Waals surface area contributed by atoms with Crippen molar-refractivity contribution >= 4 is 22.5 Å². The van der Waals surface area contributed by atoms with Gasteiger partial charge in [0.25, 0.3) is 5.69 Å². The standard InChI is InChI=1S/C17H12N4O3/c1-20-15-5-3-2-4-14(15)19-17(20)13(10-18)16(22)11-6-8-12(9-7-11)21(23)24/h2-9,13H,1H3/t13-/m0/s1. The van der Waals surface area contributed by atoms with Crippen LogP contribution in [0.2, 0.25) is 0 Å². The van der Waals surface area contributed by atoms with Gasteiger partial charge in [0.15, 0.2) is 11.7 Å². The summed E-state index contributed by atoms with van der Waals surface area (Å²) in [6, 6.07) is 14.5. The number of carbonyl (C=O) groups excluding carboxylic acids is 1. The Morgan fingerprint density at radius 1 is 1.25 bits per heavy atom. The zero-order valence-electron chi connectivity index (χ0n) is 12.7. The lowest BCUT2D eigenvalue weighted by Crippen LogP contribution is -2.15. The lowest BCUT2D eigenvalue weighted by molar-refractivity contribution is -0.384. The van der Waals surface area contributed by atoms with E-state index in [2.05, 4.69) is 4.98 Å². The Morgan fingerprint density at radius 2 is 1.92 bits per heavy atom. The number of nitrogens with zero attached hydrogens (tertiary/aromatic N) is 4. The van der Waals surface area contributed by atoms with E-state index in [-0.39, 0.29) is 11.3 Å². The number of hydrogen-bond donors (Lipinski definition) is 0. The van der Waals surface area contributed by atoms with Gasteiger partial charge >= 0.3 is 0 Å². The number of rotatable bonds is 4. The molecule has 0 amide bonds. The highest BCUT2D eigenvalue weighted by Crippen LogP contribution is 2.24. The monoisotopic (exact) mass is 320 g/mol. The van der Waals surface area contributed by atoms with Crippen LogP contribution in [0.4, 0.5) is 5.69 Å². The lowest BCUT2D eigenvalue weighted by Gasteiger charge is -2.08. The van der Waals surface area contributed by atoms with Gasteiger partial charge in [-0.25, -0.2) is 4.98 Å². The molecule has 0 fully saturated rings. The molecule has 2 aromatic carbocycles. The van der Waals surface area contributed by atoms with Gasteiger partial charge in [0, 0.05) is 24.7 Å². The fourth-order valence-corrected chi connectivity index (χ4v) is 2.57. The van der Waals surface area contributed by atoms with Crippen molar-refractivity contribution in [2.75, 3.05) is 0 Å². The van der Waals surface area contributed by atoms with Gasteiger partial charge in [-0.05, 0) is 24.3 Å². The molecule has 0 radical (unpaired) electrons. The Bertz CT molecular complexity index is 983. The van der Waals surface area contributed by atoms with E-state index >= 15 is 0 Å². The van der Waals surface area contributed by atoms with Gasteiger partial charge in [-0.2, -0.15) is 5.26 Å². The Kier molecular flexibility index (Phi) is 3.80. The second-order valence-corrected chi connectivity index (χ2v) is 5.25. The minimum atomic E-state index is -1.08. The highest BCUT2D eigenvalue weighted by molar-refractivity contribution is 6.02. The number of para-hydroxylation sites is 2. The fourth-order valence-electron chi connectivity index (χ4n) is 2.57. The molecule has 0 aliphatic heterocycles. The molecule has 1 aromatic heterocycles. The van der Waals surface area contributed by atoms with Gasteiger partial charge < -0.3 is 4.57 Å². The van der Waals surface area contributed by atoms with Gasteiger partial charge in [-0.3, -0.25) is 14.9 Å². The number of carbonyl (C=O) groups is 1. The van der Waals surface area contributed by atoms with Crippen molar-refractivity contribution in [3.8, 4) is 6.07 Å². The predicted octanol–water partition coefficient (Wildman–Crippen LogP) is 2.97. The molecule has 3 aromatic rings. The molecule has 0 aliphatic rings. The SMILES string of the molecule is Cn1c([C@@H](C#N)C(=O)c2ccc([N+](=O)[O-])cc2)nc2ccccc21. The van der Waals surface area contributed by atoms with Crippen molar-refractivity contribution < 1.29 is 9.72 Å². The fraction of sp³-hybridized carbons (Fsp3) is 0.118. The van der Waals surface area contributed by atoms with Crippen LogP contribution >= 0.6 is 0 Å². The van der Waals surface area contributed by atoms with Crippen LogP contribution < -0.4 is 0 Å². The third-order valence-corrected chi connectivity index (χ3v) is 3.83. The molecule has 0 saturated heterocycles. The molecule has 1 heterocycles. The average Bonchev–Trinajstić information content (AvgIpc) is 2.93. The van der Waals surface area contributed by atoms with Crippen LogP contribution in [0, 0.1) is 21.4 Å². The van der Waals surface area contributed by atoms with Crippen LogP contribution in [-0.2, 0) is 7.05 Å². The third kappa shape index (κ3) is 2.50. The van der Waals surface area contributed by atoms with Crippen LogP contribution in [0.15, 0.2) is 48.5 Å². The number of nitriles is 1. The topological polar surface area (TPSA) is 102 Å². The van der Waals surface area contributed by atoms with Crippen LogP contribution in [0.25, 0.3) is 11.0 Å². The quantitative estimate of drug-likeness (QED) is 0.418. The number of fused-ring (bicyclic) bond motifs is 1. The van der Waals surface area contributed by atoms with E-state index in [1.165, 1.54) is 24.3 Å². The highest BCUT2D eigenvalue weighted by Gasteiger charge is 2.27. The Morgan fingerprint density at radius 3 is 2.50 bits per heavy atom. The summed E-state index contributed by atoms with van der Waals surface area (Å²) in [5.41, 5.74) is 1.65. The number of nitro groups is 1. The van der Waals surface area contributed by atoms with E-state index < -0.39 is 16.6 Å². The average molecular weight is 320 g/mol. The molecule has 7 nitrogen and oxygen atoms in total. The normalized spacial score (nSPS) is 11.8. The van der Waals surface area contributed by atoms with E-state index in [0.717, 1.165) is 5.52 Å². The Balaban J connectivity index is 2.01. The number of imidazole rings is 1. The molecule has 0 N–H and O–H groups in total. The van der Waals surface area contributed by atoms with Crippen LogP contribution in [0.3, 0.4) is 0 Å². The largest absolute Gasteiger partial charge is 0.330 e. The van der Waals surface area contributed by atoms with Crippen LogP contribution in [0.5, 0.6) is 0 Å². The molecule has 0 aliphatic carbocycles. The zero-order chi connectivity index (χ0) is 17.3. The first-order valence-electron chi connectivity index (χ1n) is 7.12. The summed E-state index contributed by atoms with van der Waals surface area (Å²) in [6.45, 7) is 0. The molecule has 0 unspecified atom stereocenters. The second-order valence-electron chi connectivity index (χ2n) is 5.25. The van der Waals surface area contributed by atoms with Crippen molar-refractivity contribution in [3.63, 3.8) is 0 Å². The summed E-state index contributed by atoms with van der Waals surface area (Å²) in [6.07, 6.45) is 0. The summed E-state index contributed by atoms with van der Waals surface area (Å²) < 4.78 is 1.71. The van der Waals surface area contributed by atoms with Crippen molar-refractivity contribution in [2.45, 2.75) is 5.92 Å². The predicted molar refractivity (Wildman–Crippen MR) is 86.5 cm³/mol. The van der Waals surface area contributed by atoms with Crippen molar-refractivity contribution in [3.05, 3.63) is 70.0 Å². The smallest absolute Gasteiger partial charge is 0.269 e. The van der Waals surface area contributed by atoms with Gasteiger partial charge in [-0.1, -0.05) is 12.1 Å². The minimum absolute atomic E-state index is 0.109. The van der Waals surface area contributed by atoms with E-state index in [4.69, 9.17) is 0 Å². The molecule has 118 valence electrons. The summed E-state index contributed by atoms with van der Waals surface area (Å²) in [4.78, 5) is 27.2. The molecule has 24 heavy (non-hydrogen) atoms. The first kappa shape index (κ1) is 15.4. The Labute approximate surface area is 136 Å². The van der Waals surface area contributed by atoms with Gasteiger partial charge in [-0.15, -0.1) is 0 Å². The van der Waals surface area contributed by atoms with Gasteiger partial charge in [0.2, 0.25) is 0 Å². The molecular weight excluding hydrogens is 308 g/mol. The first-order chi connectivity index (χ1) is 11.5. The van der Waals surface area contributed by atoms with E-state index in [1.807, 2.05) is 30.3 Å². The number of benzene rings is 2. The van der Waals surface area contributed by atoms with E-state index in [0.29, 0.717) is 11.3 Å². The molecule has 0 bridgehead atoms. The lowest BCUT2D eigenvalue weighted by atomic mass is 9.98. The van der Waals surface area contributed by atoms with E-state index in [1.54, 1.807) is 11.6 Å². The highest BCUT2D eigenvalue weighted by atomic mass is 16.6.